The molecule has 2 aromatic rings. The molecule has 0 aliphatic rings. The first kappa shape index (κ1) is 5.22. The predicted octanol–water partition coefficient (Wildman–Crippen LogP) is -0.0323. The van der Waals surface area contributed by atoms with Crippen molar-refractivity contribution in [1.29, 1.82) is 0 Å². The highest BCUT2D eigenvalue weighted by molar-refractivity contribution is 5.27. The van der Waals surface area contributed by atoms with Gasteiger partial charge < -0.3 is 5.21 Å². The van der Waals surface area contributed by atoms with Gasteiger partial charge in [0.05, 0.1) is 18.5 Å². The summed E-state index contributed by atoms with van der Waals surface area (Å²) in [7, 11) is 0. The molecular formula is C6H5N3O. The molecular weight excluding hydrogens is 130 g/mol. The maximum atomic E-state index is 10.9. The lowest BCUT2D eigenvalue weighted by Gasteiger charge is -1.98. The number of aromatic nitrogens is 3. The molecule has 0 aliphatic heterocycles. The van der Waals surface area contributed by atoms with Crippen molar-refractivity contribution in [1.82, 2.24) is 9.61 Å². The Labute approximate surface area is 56.9 Å². The molecule has 0 aromatic carbocycles. The monoisotopic (exact) mass is 135 g/mol. The molecule has 2 aromatic heterocycles. The Bertz CT molecular complexity index is 355. The van der Waals surface area contributed by atoms with Gasteiger partial charge in [0.1, 0.15) is 6.20 Å². The van der Waals surface area contributed by atoms with E-state index in [9.17, 15) is 5.21 Å². The van der Waals surface area contributed by atoms with E-state index >= 15 is 0 Å². The van der Waals surface area contributed by atoms with Gasteiger partial charge in [-0.2, -0.15) is 0 Å². The third kappa shape index (κ3) is 0.556. The number of nitrogens with zero attached hydrogens (tertiary/aromatic N) is 3. The topological polar surface area (TPSA) is 44.2 Å². The number of hydrogen-bond donors (Lipinski definition) is 0. The first-order chi connectivity index (χ1) is 4.88. The van der Waals surface area contributed by atoms with Gasteiger partial charge in [-0.25, -0.2) is 4.73 Å². The van der Waals surface area contributed by atoms with Crippen LogP contribution in [0.2, 0.25) is 0 Å². The standard InChI is InChI=1S/C6H5N3O/c10-9-5-1-4-8-6(9)2-3-7-8/h1-5H. The van der Waals surface area contributed by atoms with Gasteiger partial charge >= 0.3 is 5.65 Å². The summed E-state index contributed by atoms with van der Waals surface area (Å²) in [5.74, 6) is 0. The van der Waals surface area contributed by atoms with Crippen molar-refractivity contribution in [3.05, 3.63) is 35.9 Å². The van der Waals surface area contributed by atoms with Crippen molar-refractivity contribution in [2.45, 2.75) is 0 Å². The molecule has 2 rings (SSSR count). The summed E-state index contributed by atoms with van der Waals surface area (Å²) in [6.07, 6.45) is 4.75. The second-order valence-corrected chi connectivity index (χ2v) is 1.95. The Balaban J connectivity index is 2.95. The summed E-state index contributed by atoms with van der Waals surface area (Å²) < 4.78 is 2.29. The molecule has 0 atom stereocenters. The third-order valence-corrected chi connectivity index (χ3v) is 1.32. The number of fused-ring (bicyclic) bond motifs is 1. The molecule has 4 heteroatoms. The fraction of sp³-hybridized carbons (Fsp3) is 0. The van der Waals surface area contributed by atoms with Crippen LogP contribution in [0.5, 0.6) is 0 Å². The molecule has 0 fully saturated rings. The summed E-state index contributed by atoms with van der Waals surface area (Å²) >= 11 is 0. The Morgan fingerprint density at radius 2 is 2.50 bits per heavy atom. The van der Waals surface area contributed by atoms with Gasteiger partial charge in [0.2, 0.25) is 0 Å². The van der Waals surface area contributed by atoms with Gasteiger partial charge in [0, 0.05) is 6.07 Å². The largest absolute Gasteiger partial charge is 0.711 e. The Kier molecular flexibility index (Phi) is 0.887. The maximum Gasteiger partial charge on any atom is 0.311 e. The van der Waals surface area contributed by atoms with E-state index in [1.54, 1.807) is 24.5 Å². The first-order valence-corrected chi connectivity index (χ1v) is 2.89. The minimum atomic E-state index is 0.544. The minimum absolute atomic E-state index is 0.544. The van der Waals surface area contributed by atoms with E-state index in [4.69, 9.17) is 0 Å². The Morgan fingerprint density at radius 3 is 3.30 bits per heavy atom. The normalized spacial score (nSPS) is 10.4. The van der Waals surface area contributed by atoms with Crippen molar-refractivity contribution in [3.8, 4) is 0 Å². The van der Waals surface area contributed by atoms with Crippen LogP contribution in [-0.2, 0) is 0 Å². The van der Waals surface area contributed by atoms with Gasteiger partial charge in [-0.1, -0.05) is 5.10 Å². The molecule has 0 bridgehead atoms. The Morgan fingerprint density at radius 1 is 1.60 bits per heavy atom. The van der Waals surface area contributed by atoms with Crippen LogP contribution in [0, 0.1) is 5.21 Å². The molecule has 10 heavy (non-hydrogen) atoms. The van der Waals surface area contributed by atoms with E-state index < -0.39 is 0 Å². The highest BCUT2D eigenvalue weighted by Gasteiger charge is 1.99. The quantitative estimate of drug-likeness (QED) is 0.376. The molecule has 2 heterocycles. The highest BCUT2D eigenvalue weighted by Crippen LogP contribution is 1.91. The molecule has 0 amide bonds. The van der Waals surface area contributed by atoms with Crippen LogP contribution in [0.4, 0.5) is 0 Å². The minimum Gasteiger partial charge on any atom is -0.711 e. The molecule has 0 saturated heterocycles. The van der Waals surface area contributed by atoms with Crippen molar-refractivity contribution in [2.24, 2.45) is 0 Å². The zero-order chi connectivity index (χ0) is 6.97. The van der Waals surface area contributed by atoms with Crippen molar-refractivity contribution < 1.29 is 4.73 Å². The second kappa shape index (κ2) is 1.70. The van der Waals surface area contributed by atoms with Crippen molar-refractivity contribution in [2.75, 3.05) is 0 Å². The average molecular weight is 135 g/mol. The number of hydrogen-bond acceptors (Lipinski definition) is 2. The van der Waals surface area contributed by atoms with Gasteiger partial charge in [-0.15, -0.1) is 4.52 Å². The lowest BCUT2D eigenvalue weighted by molar-refractivity contribution is -0.581. The van der Waals surface area contributed by atoms with Crippen LogP contribution in [-0.4, -0.2) is 9.61 Å². The van der Waals surface area contributed by atoms with Gasteiger partial charge in [0.25, 0.3) is 0 Å². The summed E-state index contributed by atoms with van der Waals surface area (Å²) in [6.45, 7) is 0. The van der Waals surface area contributed by atoms with E-state index in [2.05, 4.69) is 5.10 Å². The molecule has 0 spiro atoms. The first-order valence-electron chi connectivity index (χ1n) is 2.89. The van der Waals surface area contributed by atoms with E-state index in [1.165, 1.54) is 10.7 Å². The van der Waals surface area contributed by atoms with Gasteiger partial charge in [-0.3, -0.25) is 0 Å². The Hall–Kier alpha value is -1.58. The maximum absolute atomic E-state index is 10.9. The smallest absolute Gasteiger partial charge is 0.311 e. The van der Waals surface area contributed by atoms with E-state index in [0.29, 0.717) is 5.65 Å². The summed E-state index contributed by atoms with van der Waals surface area (Å²) in [5, 5.41) is 14.8. The fourth-order valence-corrected chi connectivity index (χ4v) is 0.871. The SMILES string of the molecule is [O-][n+]1cccn2nccc21. The molecule has 0 unspecified atom stereocenters. The molecule has 0 radical (unpaired) electrons. The lowest BCUT2D eigenvalue weighted by Crippen LogP contribution is -2.27. The van der Waals surface area contributed by atoms with Crippen LogP contribution in [0.25, 0.3) is 5.65 Å². The van der Waals surface area contributed by atoms with Crippen LogP contribution in [0.1, 0.15) is 0 Å². The van der Waals surface area contributed by atoms with Gasteiger partial charge in [-0.05, 0) is 0 Å². The second-order valence-electron chi connectivity index (χ2n) is 1.95. The van der Waals surface area contributed by atoms with Crippen molar-refractivity contribution in [3.63, 3.8) is 0 Å². The van der Waals surface area contributed by atoms with Crippen LogP contribution in [0.3, 0.4) is 0 Å². The number of rotatable bonds is 0. The molecule has 50 valence electrons. The molecule has 0 N–H and O–H groups in total. The lowest BCUT2D eigenvalue weighted by atomic mass is 10.6. The third-order valence-electron chi connectivity index (χ3n) is 1.32. The van der Waals surface area contributed by atoms with Crippen molar-refractivity contribution >= 4 is 5.65 Å². The van der Waals surface area contributed by atoms with E-state index in [-0.39, 0.29) is 0 Å². The summed E-state index contributed by atoms with van der Waals surface area (Å²) in [4.78, 5) is 0. The molecule has 4 nitrogen and oxygen atoms in total. The van der Waals surface area contributed by atoms with Gasteiger partial charge in [0.15, 0.2) is 0 Å². The zero-order valence-electron chi connectivity index (χ0n) is 5.14. The predicted molar refractivity (Wildman–Crippen MR) is 34.2 cm³/mol. The van der Waals surface area contributed by atoms with Crippen LogP contribution >= 0.6 is 0 Å². The molecule has 0 aliphatic carbocycles. The molecule has 0 saturated carbocycles. The fourth-order valence-electron chi connectivity index (χ4n) is 0.871. The summed E-state index contributed by atoms with van der Waals surface area (Å²) in [5.41, 5.74) is 0.544. The summed E-state index contributed by atoms with van der Waals surface area (Å²) in [6, 6.07) is 3.31. The van der Waals surface area contributed by atoms with Crippen LogP contribution in [0.15, 0.2) is 30.7 Å². The van der Waals surface area contributed by atoms with E-state index in [0.717, 1.165) is 4.73 Å². The highest BCUT2D eigenvalue weighted by atomic mass is 16.5. The zero-order valence-corrected chi connectivity index (χ0v) is 5.14. The van der Waals surface area contributed by atoms with E-state index in [1.807, 2.05) is 0 Å². The average Bonchev–Trinajstić information content (AvgIpc) is 2.36. The van der Waals surface area contributed by atoms with Crippen LogP contribution < -0.4 is 4.73 Å².